The van der Waals surface area contributed by atoms with Crippen LogP contribution in [0.1, 0.15) is 351 Å². The molecule has 8 aliphatic rings. The molecule has 0 amide bonds. The van der Waals surface area contributed by atoms with Crippen LogP contribution in [0.4, 0.5) is 0 Å². The molecule has 5 aromatic rings. The second kappa shape index (κ2) is 25.5. The van der Waals surface area contributed by atoms with Crippen LogP contribution in [0.2, 0.25) is 0 Å². The first-order valence-corrected chi connectivity index (χ1v) is 34.3. The van der Waals surface area contributed by atoms with Crippen LogP contribution in [0.25, 0.3) is 44.5 Å². The first-order valence-electron chi connectivity index (χ1n) is 35.3. The summed E-state index contributed by atoms with van der Waals surface area (Å²) in [5, 5.41) is 0. The van der Waals surface area contributed by atoms with Gasteiger partial charge in [0.25, 0.3) is 0 Å². The van der Waals surface area contributed by atoms with Gasteiger partial charge in [-0.2, -0.15) is 0 Å². The Morgan fingerprint density at radius 1 is 0.179 bits per heavy atom. The van der Waals surface area contributed by atoms with E-state index >= 15 is 0 Å². The van der Waals surface area contributed by atoms with E-state index in [1.165, 1.54) is 324 Å². The summed E-state index contributed by atoms with van der Waals surface area (Å²) >= 11 is 0. The Balaban J connectivity index is 1.14. The summed E-state index contributed by atoms with van der Waals surface area (Å²) in [5.41, 5.74) is 21.5. The Hall–Kier alpha value is -3.90. The van der Waals surface area contributed by atoms with Gasteiger partial charge < -0.3 is 0 Å². The molecule has 0 aromatic heterocycles. The fraction of sp³-hybridized carbons (Fsp3) is 0.615. The third-order valence-electron chi connectivity index (χ3n) is 22.7. The van der Waals surface area contributed by atoms with Gasteiger partial charge in [-0.25, -0.2) is 0 Å². The minimum atomic E-state index is 0.566. The summed E-state index contributed by atoms with van der Waals surface area (Å²) in [4.78, 5) is 0. The molecule has 0 heterocycles. The van der Waals surface area contributed by atoms with E-state index in [1.807, 2.05) is 0 Å². The Labute approximate surface area is 478 Å². The molecule has 0 bridgehead atoms. The number of hydrogen-bond acceptors (Lipinski definition) is 0. The monoisotopic (exact) mass is 1040 g/mol. The van der Waals surface area contributed by atoms with Gasteiger partial charge in [0.15, 0.2) is 0 Å². The fourth-order valence-corrected chi connectivity index (χ4v) is 18.0. The molecule has 8 aliphatic carbocycles. The maximum Gasteiger partial charge on any atom is 0.0636 e. The van der Waals surface area contributed by atoms with E-state index in [4.69, 9.17) is 0 Å². The lowest BCUT2D eigenvalue weighted by molar-refractivity contribution is 0.435. The number of rotatable bonds is 12. The first kappa shape index (κ1) is 51.0. The van der Waals surface area contributed by atoms with E-state index in [2.05, 4.69) is 72.8 Å². The second-order valence-electron chi connectivity index (χ2n) is 28.0. The van der Waals surface area contributed by atoms with Gasteiger partial charge in [0.05, 0.1) is 2.74 Å². The smallest absolute Gasteiger partial charge is 0.0552 e. The van der Waals surface area contributed by atoms with Crippen molar-refractivity contribution in [2.75, 3.05) is 0 Å². The normalized spacial score (nSPS) is 23.3. The minimum absolute atomic E-state index is 0.566. The molecule has 0 aliphatic heterocycles. The highest BCUT2D eigenvalue weighted by Crippen LogP contribution is 2.51. The van der Waals surface area contributed by atoms with Crippen LogP contribution in [-0.2, 0) is 0 Å². The standard InChI is InChI=1S/C78H102/c1-9-25-55(26-10-1)63-41-64(56-27-11-2-12-28-56)46-71(45-63)75-53-77(73-49-67(59-33-17-5-18-34-59)43-68(50-73)60-35-19-6-20-36-60)78(74-51-69(61-37-21-7-22-38-61)44-70(52-74)62-39-23-8-24-40-62)54-76(75)72-47-65(57-29-13-3-14-30-57)42-66(48-72)58-31-15-4-16-32-58/h41-62H,1-40H2/i53D,54D. The molecule has 0 spiro atoms. The first-order chi connectivity index (χ1) is 39.5. The van der Waals surface area contributed by atoms with E-state index in [0.29, 0.717) is 59.4 Å². The van der Waals surface area contributed by atoms with Crippen molar-refractivity contribution < 1.29 is 2.74 Å². The van der Waals surface area contributed by atoms with Gasteiger partial charge in [-0.05, 0) is 251 Å². The predicted octanol–water partition coefficient (Wildman–Crippen LogP) is 24.7. The Bertz CT molecular complexity index is 2340. The summed E-state index contributed by atoms with van der Waals surface area (Å²) in [5.74, 6) is 4.53. The molecule has 8 fully saturated rings. The highest BCUT2D eigenvalue weighted by Gasteiger charge is 2.30. The molecule has 78 heavy (non-hydrogen) atoms. The number of hydrogen-bond donors (Lipinski definition) is 0. The third-order valence-corrected chi connectivity index (χ3v) is 22.7. The van der Waals surface area contributed by atoms with Crippen LogP contribution in [0.15, 0.2) is 84.9 Å². The van der Waals surface area contributed by atoms with Gasteiger partial charge in [-0.15, -0.1) is 0 Å². The van der Waals surface area contributed by atoms with Crippen LogP contribution < -0.4 is 0 Å². The lowest BCUT2D eigenvalue weighted by Crippen LogP contribution is -2.10. The van der Waals surface area contributed by atoms with Crippen LogP contribution >= 0.6 is 0 Å². The van der Waals surface area contributed by atoms with Gasteiger partial charge in [0, 0.05) is 0 Å². The Morgan fingerprint density at radius 3 is 0.436 bits per heavy atom. The molecule has 0 atom stereocenters. The van der Waals surface area contributed by atoms with Crippen molar-refractivity contribution in [2.45, 2.75) is 304 Å². The predicted molar refractivity (Wildman–Crippen MR) is 335 cm³/mol. The molecule has 5 aromatic carbocycles. The molecular formula is C78H102. The molecule has 0 saturated heterocycles. The molecule has 414 valence electrons. The van der Waals surface area contributed by atoms with E-state index in [-0.39, 0.29) is 0 Å². The average molecular weight is 1040 g/mol. The van der Waals surface area contributed by atoms with Crippen molar-refractivity contribution in [2.24, 2.45) is 0 Å². The van der Waals surface area contributed by atoms with Crippen LogP contribution in [-0.4, -0.2) is 0 Å². The zero-order valence-electron chi connectivity index (χ0n) is 50.8. The molecule has 0 unspecified atom stereocenters. The van der Waals surface area contributed by atoms with Gasteiger partial charge >= 0.3 is 0 Å². The highest BCUT2D eigenvalue weighted by molar-refractivity contribution is 5.96. The zero-order chi connectivity index (χ0) is 53.8. The third kappa shape index (κ3) is 12.3. The van der Waals surface area contributed by atoms with Crippen LogP contribution in [0.3, 0.4) is 0 Å². The van der Waals surface area contributed by atoms with Crippen LogP contribution in [0, 0.1) is 0 Å². The maximum absolute atomic E-state index is 11.7. The minimum Gasteiger partial charge on any atom is -0.0552 e. The maximum atomic E-state index is 11.7. The molecule has 8 saturated carbocycles. The summed E-state index contributed by atoms with van der Waals surface area (Å²) in [6.07, 6.45) is 52.3. The summed E-state index contributed by atoms with van der Waals surface area (Å²) in [6, 6.07) is 33.0. The SMILES string of the molecule is [2H]c1c(-c2cc(C3CCCCC3)cc(C3CCCCC3)c2)c(-c2cc(C3CCCCC3)cc(C3CCCCC3)c2)c([2H])c(-c2cc(C3CCCCC3)cc(C3CCCCC3)c2)c1-c1cc(C2CCCCC2)cc(C2CCCCC2)c1. The van der Waals surface area contributed by atoms with Gasteiger partial charge in [-0.3, -0.25) is 0 Å². The summed E-state index contributed by atoms with van der Waals surface area (Å²) in [6.45, 7) is 0. The van der Waals surface area contributed by atoms with Crippen molar-refractivity contribution in [3.8, 4) is 44.5 Å². The lowest BCUT2D eigenvalue weighted by atomic mass is 9.75. The number of benzene rings is 5. The van der Waals surface area contributed by atoms with E-state index in [9.17, 15) is 2.74 Å². The topological polar surface area (TPSA) is 0 Å². The molecule has 0 heteroatoms. The van der Waals surface area contributed by atoms with E-state index in [1.54, 1.807) is 0 Å². The largest absolute Gasteiger partial charge is 0.0636 e. The van der Waals surface area contributed by atoms with Crippen molar-refractivity contribution in [3.63, 3.8) is 0 Å². The average Bonchev–Trinajstić information content (AvgIpc) is 3.61. The summed E-state index contributed by atoms with van der Waals surface area (Å²) < 4.78 is 23.3. The highest BCUT2D eigenvalue weighted by atomic mass is 14.3. The van der Waals surface area contributed by atoms with Gasteiger partial charge in [0.2, 0.25) is 0 Å². The quantitative estimate of drug-likeness (QED) is 0.117. The molecule has 0 N–H and O–H groups in total. The second-order valence-corrected chi connectivity index (χ2v) is 28.0. The Morgan fingerprint density at radius 2 is 0.308 bits per heavy atom. The van der Waals surface area contributed by atoms with E-state index in [0.717, 1.165) is 22.3 Å². The van der Waals surface area contributed by atoms with Crippen LogP contribution in [0.5, 0.6) is 0 Å². The molecule has 13 rings (SSSR count). The van der Waals surface area contributed by atoms with Crippen molar-refractivity contribution in [1.29, 1.82) is 0 Å². The molecule has 0 nitrogen and oxygen atoms in total. The van der Waals surface area contributed by atoms with Gasteiger partial charge in [-0.1, -0.05) is 227 Å². The van der Waals surface area contributed by atoms with E-state index < -0.39 is 0 Å². The van der Waals surface area contributed by atoms with Gasteiger partial charge in [0.1, 0.15) is 0 Å². The van der Waals surface area contributed by atoms with Crippen molar-refractivity contribution in [3.05, 3.63) is 129 Å². The molecule has 0 radical (unpaired) electrons. The fourth-order valence-electron chi connectivity index (χ4n) is 18.0. The Kier molecular flexibility index (Phi) is 16.7. The summed E-state index contributed by atoms with van der Waals surface area (Å²) in [7, 11) is 0. The van der Waals surface area contributed by atoms with Crippen molar-refractivity contribution in [1.82, 2.24) is 0 Å². The molecular weight excluding hydrogens is 937 g/mol. The zero-order valence-corrected chi connectivity index (χ0v) is 48.8. The van der Waals surface area contributed by atoms with Crippen molar-refractivity contribution >= 4 is 0 Å². The lowest BCUT2D eigenvalue weighted by Gasteiger charge is -2.30.